The Hall–Kier alpha value is -2.21. The molecule has 6 heteroatoms. The van der Waals surface area contributed by atoms with Crippen LogP contribution >= 0.6 is 0 Å². The van der Waals surface area contributed by atoms with Crippen molar-refractivity contribution >= 4 is 16.9 Å². The van der Waals surface area contributed by atoms with Crippen LogP contribution in [0.2, 0.25) is 0 Å². The van der Waals surface area contributed by atoms with Crippen LogP contribution in [0.3, 0.4) is 0 Å². The van der Waals surface area contributed by atoms with Gasteiger partial charge in [0.15, 0.2) is 11.5 Å². The minimum absolute atomic E-state index is 0.0621. The van der Waals surface area contributed by atoms with Gasteiger partial charge in [0.25, 0.3) is 0 Å². The Morgan fingerprint density at radius 3 is 2.60 bits per heavy atom. The van der Waals surface area contributed by atoms with Crippen molar-refractivity contribution < 1.29 is 24.5 Å². The van der Waals surface area contributed by atoms with E-state index < -0.39 is 5.97 Å². The molecule has 0 saturated heterocycles. The number of carboxylic acids is 1. The summed E-state index contributed by atoms with van der Waals surface area (Å²) in [5, 5.41) is 18.8. The number of carboxylic acid groups (broad SMARTS) is 1. The summed E-state index contributed by atoms with van der Waals surface area (Å²) >= 11 is 0. The minimum atomic E-state index is -0.977. The van der Waals surface area contributed by atoms with Crippen LogP contribution in [0.5, 0.6) is 11.5 Å². The Labute approximate surface area is 115 Å². The molecule has 0 fully saturated rings. The van der Waals surface area contributed by atoms with E-state index in [1.165, 1.54) is 0 Å². The van der Waals surface area contributed by atoms with E-state index in [1.807, 2.05) is 4.57 Å². The molecular weight excluding hydrogens is 262 g/mol. The van der Waals surface area contributed by atoms with Crippen molar-refractivity contribution in [1.82, 2.24) is 4.57 Å². The summed E-state index contributed by atoms with van der Waals surface area (Å²) < 4.78 is 12.8. The van der Waals surface area contributed by atoms with Gasteiger partial charge in [0.05, 0.1) is 11.1 Å². The second-order valence-corrected chi connectivity index (χ2v) is 4.63. The zero-order chi connectivity index (χ0) is 14.1. The third-order valence-electron chi connectivity index (χ3n) is 3.33. The fraction of sp³-hybridized carbons (Fsp3) is 0.357. The first-order chi connectivity index (χ1) is 9.70. The molecule has 6 nitrogen and oxygen atoms in total. The maximum atomic E-state index is 11.3. The number of carbonyl (C=O) groups is 1. The summed E-state index contributed by atoms with van der Waals surface area (Å²) in [7, 11) is 0. The lowest BCUT2D eigenvalue weighted by atomic mass is 10.1. The highest BCUT2D eigenvalue weighted by Gasteiger charge is 2.19. The van der Waals surface area contributed by atoms with Crippen LogP contribution in [0.25, 0.3) is 10.9 Å². The maximum absolute atomic E-state index is 11.3. The van der Waals surface area contributed by atoms with Crippen molar-refractivity contribution in [3.05, 3.63) is 23.9 Å². The molecule has 1 aromatic carbocycles. The molecular formula is C14H15NO5. The second-order valence-electron chi connectivity index (χ2n) is 4.63. The van der Waals surface area contributed by atoms with Gasteiger partial charge in [0, 0.05) is 30.8 Å². The van der Waals surface area contributed by atoms with Crippen molar-refractivity contribution in [3.8, 4) is 11.5 Å². The maximum Gasteiger partial charge on any atom is 0.337 e. The zero-order valence-electron chi connectivity index (χ0n) is 10.8. The molecule has 1 aromatic heterocycles. The molecule has 0 unspecified atom stereocenters. The molecule has 2 heterocycles. The molecule has 0 aliphatic carbocycles. The van der Waals surface area contributed by atoms with Crippen LogP contribution in [-0.2, 0) is 6.54 Å². The van der Waals surface area contributed by atoms with Crippen LogP contribution in [0.15, 0.2) is 18.3 Å². The quantitative estimate of drug-likeness (QED) is 0.885. The SMILES string of the molecule is O=C(O)c1cn(CCCO)c2cc3c(cc12)OCCO3. The Balaban J connectivity index is 2.17. The standard InChI is InChI=1S/C14H15NO5/c16-3-1-2-15-8-10(14(17)18)9-6-12-13(7-11(9)15)20-5-4-19-12/h6-8,16H,1-5H2,(H,17,18). The van der Waals surface area contributed by atoms with E-state index in [-0.39, 0.29) is 12.2 Å². The van der Waals surface area contributed by atoms with Crippen molar-refractivity contribution in [2.75, 3.05) is 19.8 Å². The lowest BCUT2D eigenvalue weighted by Crippen LogP contribution is -2.15. The summed E-state index contributed by atoms with van der Waals surface area (Å²) in [6, 6.07) is 3.51. The summed E-state index contributed by atoms with van der Waals surface area (Å²) in [6.45, 7) is 1.57. The smallest absolute Gasteiger partial charge is 0.337 e. The van der Waals surface area contributed by atoms with E-state index in [0.717, 1.165) is 5.52 Å². The first kappa shape index (κ1) is 12.8. The Morgan fingerprint density at radius 1 is 1.25 bits per heavy atom. The van der Waals surface area contributed by atoms with Crippen LogP contribution < -0.4 is 9.47 Å². The predicted molar refractivity (Wildman–Crippen MR) is 71.6 cm³/mol. The molecule has 0 spiro atoms. The fourth-order valence-corrected chi connectivity index (χ4v) is 2.42. The largest absolute Gasteiger partial charge is 0.486 e. The highest BCUT2D eigenvalue weighted by Crippen LogP contribution is 2.36. The van der Waals surface area contributed by atoms with E-state index in [4.69, 9.17) is 14.6 Å². The van der Waals surface area contributed by atoms with E-state index in [9.17, 15) is 9.90 Å². The number of aliphatic hydroxyl groups excluding tert-OH is 1. The monoisotopic (exact) mass is 277 g/mol. The number of fused-ring (bicyclic) bond motifs is 2. The molecule has 106 valence electrons. The molecule has 2 aromatic rings. The van der Waals surface area contributed by atoms with Gasteiger partial charge in [-0.15, -0.1) is 0 Å². The van der Waals surface area contributed by atoms with Gasteiger partial charge in [0.2, 0.25) is 0 Å². The number of ether oxygens (including phenoxy) is 2. The number of benzene rings is 1. The normalized spacial score (nSPS) is 13.7. The molecule has 0 bridgehead atoms. The van der Waals surface area contributed by atoms with Gasteiger partial charge in [-0.25, -0.2) is 4.79 Å². The van der Waals surface area contributed by atoms with E-state index in [0.29, 0.717) is 43.1 Å². The Bertz CT molecular complexity index is 661. The molecule has 20 heavy (non-hydrogen) atoms. The van der Waals surface area contributed by atoms with Gasteiger partial charge < -0.3 is 24.3 Å². The highest BCUT2D eigenvalue weighted by molar-refractivity contribution is 6.04. The number of aryl methyl sites for hydroxylation is 1. The minimum Gasteiger partial charge on any atom is -0.486 e. The van der Waals surface area contributed by atoms with Gasteiger partial charge in [-0.3, -0.25) is 0 Å². The van der Waals surface area contributed by atoms with Crippen molar-refractivity contribution in [3.63, 3.8) is 0 Å². The average Bonchev–Trinajstić information content (AvgIpc) is 2.81. The van der Waals surface area contributed by atoms with Gasteiger partial charge in [-0.2, -0.15) is 0 Å². The van der Waals surface area contributed by atoms with E-state index in [2.05, 4.69) is 0 Å². The number of nitrogens with zero attached hydrogens (tertiary/aromatic N) is 1. The molecule has 0 radical (unpaired) electrons. The van der Waals surface area contributed by atoms with Gasteiger partial charge in [0.1, 0.15) is 13.2 Å². The number of aliphatic hydroxyl groups is 1. The van der Waals surface area contributed by atoms with Crippen molar-refractivity contribution in [1.29, 1.82) is 0 Å². The molecule has 0 saturated carbocycles. The third kappa shape index (κ3) is 2.08. The summed E-state index contributed by atoms with van der Waals surface area (Å²) in [4.78, 5) is 11.3. The van der Waals surface area contributed by atoms with Gasteiger partial charge >= 0.3 is 5.97 Å². The number of aromatic nitrogens is 1. The number of rotatable bonds is 4. The topological polar surface area (TPSA) is 80.9 Å². The van der Waals surface area contributed by atoms with E-state index >= 15 is 0 Å². The molecule has 0 amide bonds. The number of hydrogen-bond acceptors (Lipinski definition) is 4. The highest BCUT2D eigenvalue weighted by atomic mass is 16.6. The molecule has 0 atom stereocenters. The Morgan fingerprint density at radius 2 is 1.95 bits per heavy atom. The van der Waals surface area contributed by atoms with Crippen molar-refractivity contribution in [2.24, 2.45) is 0 Å². The Kier molecular flexibility index (Phi) is 3.23. The first-order valence-electron chi connectivity index (χ1n) is 6.47. The number of aromatic carboxylic acids is 1. The third-order valence-corrected chi connectivity index (χ3v) is 3.33. The van der Waals surface area contributed by atoms with E-state index in [1.54, 1.807) is 18.3 Å². The summed E-state index contributed by atoms with van der Waals surface area (Å²) in [6.07, 6.45) is 2.16. The first-order valence-corrected chi connectivity index (χ1v) is 6.47. The average molecular weight is 277 g/mol. The zero-order valence-corrected chi connectivity index (χ0v) is 10.8. The van der Waals surface area contributed by atoms with Crippen LogP contribution in [0, 0.1) is 0 Å². The molecule has 1 aliphatic rings. The van der Waals surface area contributed by atoms with Crippen LogP contribution in [-0.4, -0.2) is 40.6 Å². The fourth-order valence-electron chi connectivity index (χ4n) is 2.42. The van der Waals surface area contributed by atoms with Crippen LogP contribution in [0.1, 0.15) is 16.8 Å². The lowest BCUT2D eigenvalue weighted by molar-refractivity contribution is 0.0698. The lowest BCUT2D eigenvalue weighted by Gasteiger charge is -2.18. The molecule has 3 rings (SSSR count). The summed E-state index contributed by atoms with van der Waals surface area (Å²) in [5.74, 6) is 0.227. The molecule has 2 N–H and O–H groups in total. The summed E-state index contributed by atoms with van der Waals surface area (Å²) in [5.41, 5.74) is 1.01. The van der Waals surface area contributed by atoms with Crippen LogP contribution in [0.4, 0.5) is 0 Å². The van der Waals surface area contributed by atoms with Gasteiger partial charge in [-0.1, -0.05) is 0 Å². The van der Waals surface area contributed by atoms with Gasteiger partial charge in [-0.05, 0) is 12.5 Å². The predicted octanol–water partition coefficient (Wildman–Crippen LogP) is 1.49. The molecule has 1 aliphatic heterocycles. The van der Waals surface area contributed by atoms with Crippen molar-refractivity contribution in [2.45, 2.75) is 13.0 Å². The number of hydrogen-bond donors (Lipinski definition) is 2. The second kappa shape index (κ2) is 5.05.